The third kappa shape index (κ3) is 7.04. The zero-order chi connectivity index (χ0) is 15.7. The van der Waals surface area contributed by atoms with E-state index >= 15 is 0 Å². The summed E-state index contributed by atoms with van der Waals surface area (Å²) in [5.74, 6) is 0.0787. The molecule has 0 aliphatic carbocycles. The minimum absolute atomic E-state index is 0.136. The summed E-state index contributed by atoms with van der Waals surface area (Å²) in [5, 5.41) is 11.5. The van der Waals surface area contributed by atoms with E-state index in [4.69, 9.17) is 9.84 Å². The van der Waals surface area contributed by atoms with Crippen molar-refractivity contribution >= 4 is 23.6 Å². The molecule has 0 fully saturated rings. The maximum absolute atomic E-state index is 11.7. The number of nitrogens with one attached hydrogen (secondary N) is 1. The number of aliphatic carboxylic acids is 1. The Bertz CT molecular complexity index is 461. The summed E-state index contributed by atoms with van der Waals surface area (Å²) in [5.41, 5.74) is 1.14. The Morgan fingerprint density at radius 1 is 1.33 bits per heavy atom. The van der Waals surface area contributed by atoms with Gasteiger partial charge in [0.25, 0.3) is 0 Å². The van der Waals surface area contributed by atoms with Crippen LogP contribution in [-0.2, 0) is 9.59 Å². The van der Waals surface area contributed by atoms with Crippen molar-refractivity contribution in [3.05, 3.63) is 29.8 Å². The highest BCUT2D eigenvalue weighted by Crippen LogP contribution is 2.11. The van der Waals surface area contributed by atoms with Gasteiger partial charge in [0.2, 0.25) is 5.91 Å². The third-order valence-electron chi connectivity index (χ3n) is 2.86. The van der Waals surface area contributed by atoms with Crippen molar-refractivity contribution in [1.29, 1.82) is 0 Å². The van der Waals surface area contributed by atoms with Gasteiger partial charge in [0, 0.05) is 0 Å². The molecule has 0 aromatic heterocycles. The number of hydrogen-bond acceptors (Lipinski definition) is 4. The molecular formula is C15H21NO4S. The van der Waals surface area contributed by atoms with Crippen LogP contribution in [0, 0.1) is 6.92 Å². The Labute approximate surface area is 129 Å². The summed E-state index contributed by atoms with van der Waals surface area (Å²) < 4.78 is 5.44. The van der Waals surface area contributed by atoms with Gasteiger partial charge in [-0.25, -0.2) is 4.79 Å². The number of thioether (sulfide) groups is 1. The topological polar surface area (TPSA) is 75.6 Å². The van der Waals surface area contributed by atoms with Gasteiger partial charge in [0.15, 0.2) is 0 Å². The molecule has 0 saturated carbocycles. The number of ether oxygens (including phenoxy) is 1. The monoisotopic (exact) mass is 311 g/mol. The van der Waals surface area contributed by atoms with Crippen molar-refractivity contribution in [1.82, 2.24) is 5.32 Å². The molecule has 2 N–H and O–H groups in total. The smallest absolute Gasteiger partial charge is 0.326 e. The van der Waals surface area contributed by atoms with Gasteiger partial charge in [0.05, 0.1) is 13.0 Å². The summed E-state index contributed by atoms with van der Waals surface area (Å²) in [7, 11) is 0. The first-order valence-electron chi connectivity index (χ1n) is 6.73. The molecular weight excluding hydrogens is 290 g/mol. The van der Waals surface area contributed by atoms with Gasteiger partial charge < -0.3 is 15.2 Å². The van der Waals surface area contributed by atoms with Gasteiger partial charge in [-0.3, -0.25) is 4.79 Å². The van der Waals surface area contributed by atoms with Crippen molar-refractivity contribution in [2.24, 2.45) is 0 Å². The number of rotatable bonds is 9. The molecule has 116 valence electrons. The SMILES string of the molecule is CSCC[C@H](NC(=O)CCOc1ccc(C)cc1)C(=O)O. The third-order valence-corrected chi connectivity index (χ3v) is 3.51. The highest BCUT2D eigenvalue weighted by Gasteiger charge is 2.19. The van der Waals surface area contributed by atoms with Crippen LogP contribution in [0.1, 0.15) is 18.4 Å². The van der Waals surface area contributed by atoms with Crippen molar-refractivity contribution < 1.29 is 19.4 Å². The average Bonchev–Trinajstić information content (AvgIpc) is 2.45. The molecule has 0 bridgehead atoms. The molecule has 1 rings (SSSR count). The molecule has 1 aromatic carbocycles. The molecule has 1 amide bonds. The Morgan fingerprint density at radius 3 is 2.57 bits per heavy atom. The van der Waals surface area contributed by atoms with Crippen LogP contribution in [0.5, 0.6) is 5.75 Å². The molecule has 0 heterocycles. The number of carboxylic acids is 1. The molecule has 0 saturated heterocycles. The quantitative estimate of drug-likeness (QED) is 0.730. The van der Waals surface area contributed by atoms with E-state index in [-0.39, 0.29) is 18.9 Å². The van der Waals surface area contributed by atoms with Gasteiger partial charge in [0.1, 0.15) is 11.8 Å². The van der Waals surface area contributed by atoms with Crippen LogP contribution >= 0.6 is 11.8 Å². The van der Waals surface area contributed by atoms with E-state index in [1.165, 1.54) is 0 Å². The number of carbonyl (C=O) groups is 2. The lowest BCUT2D eigenvalue weighted by atomic mass is 10.2. The Hall–Kier alpha value is -1.69. The van der Waals surface area contributed by atoms with E-state index in [0.717, 1.165) is 5.56 Å². The Kier molecular flexibility index (Phi) is 7.68. The molecule has 6 heteroatoms. The first kappa shape index (κ1) is 17.4. The number of amides is 1. The van der Waals surface area contributed by atoms with Gasteiger partial charge in [-0.1, -0.05) is 17.7 Å². The van der Waals surface area contributed by atoms with Gasteiger partial charge in [-0.2, -0.15) is 11.8 Å². The molecule has 0 unspecified atom stereocenters. The molecule has 0 spiro atoms. The lowest BCUT2D eigenvalue weighted by Gasteiger charge is -2.14. The highest BCUT2D eigenvalue weighted by atomic mass is 32.2. The number of benzene rings is 1. The van der Waals surface area contributed by atoms with Crippen molar-refractivity contribution in [2.75, 3.05) is 18.6 Å². The second-order valence-electron chi connectivity index (χ2n) is 4.65. The second-order valence-corrected chi connectivity index (χ2v) is 5.64. The molecule has 5 nitrogen and oxygen atoms in total. The van der Waals surface area contributed by atoms with Crippen LogP contribution in [0.3, 0.4) is 0 Å². The maximum Gasteiger partial charge on any atom is 0.326 e. The molecule has 0 aliphatic heterocycles. The maximum atomic E-state index is 11.7. The summed E-state index contributed by atoms with van der Waals surface area (Å²) in [6, 6.07) is 6.71. The second kappa shape index (κ2) is 9.28. The lowest BCUT2D eigenvalue weighted by molar-refractivity contribution is -0.141. The first-order chi connectivity index (χ1) is 10.0. The Balaban J connectivity index is 2.32. The van der Waals surface area contributed by atoms with Crippen LogP contribution in [0.4, 0.5) is 0 Å². The molecule has 1 aromatic rings. The van der Waals surface area contributed by atoms with Crippen molar-refractivity contribution in [3.8, 4) is 5.75 Å². The first-order valence-corrected chi connectivity index (χ1v) is 8.13. The van der Waals surface area contributed by atoms with Gasteiger partial charge in [-0.05, 0) is 37.5 Å². The van der Waals surface area contributed by atoms with E-state index in [2.05, 4.69) is 5.32 Å². The summed E-state index contributed by atoms with van der Waals surface area (Å²) >= 11 is 1.55. The normalized spacial score (nSPS) is 11.7. The van der Waals surface area contributed by atoms with Crippen LogP contribution in [0.15, 0.2) is 24.3 Å². The fraction of sp³-hybridized carbons (Fsp3) is 0.467. The molecule has 21 heavy (non-hydrogen) atoms. The van der Waals surface area contributed by atoms with E-state index in [1.54, 1.807) is 11.8 Å². The molecule has 0 radical (unpaired) electrons. The minimum atomic E-state index is -1.00. The number of aryl methyl sites for hydroxylation is 1. The van der Waals surface area contributed by atoms with E-state index in [0.29, 0.717) is 17.9 Å². The summed E-state index contributed by atoms with van der Waals surface area (Å²) in [4.78, 5) is 22.7. The predicted octanol–water partition coefficient (Wildman–Crippen LogP) is 2.09. The Morgan fingerprint density at radius 2 is 2.00 bits per heavy atom. The predicted molar refractivity (Wildman–Crippen MR) is 83.9 cm³/mol. The molecule has 1 atom stereocenters. The van der Waals surface area contributed by atoms with Gasteiger partial charge >= 0.3 is 5.97 Å². The van der Waals surface area contributed by atoms with Crippen LogP contribution in [0.2, 0.25) is 0 Å². The average molecular weight is 311 g/mol. The van der Waals surface area contributed by atoms with E-state index in [9.17, 15) is 9.59 Å². The fourth-order valence-electron chi connectivity index (χ4n) is 1.66. The van der Waals surface area contributed by atoms with Crippen LogP contribution in [0.25, 0.3) is 0 Å². The number of hydrogen-bond donors (Lipinski definition) is 2. The van der Waals surface area contributed by atoms with E-state index < -0.39 is 12.0 Å². The zero-order valence-electron chi connectivity index (χ0n) is 12.3. The van der Waals surface area contributed by atoms with Crippen LogP contribution < -0.4 is 10.1 Å². The number of carbonyl (C=O) groups excluding carboxylic acids is 1. The minimum Gasteiger partial charge on any atom is -0.493 e. The molecule has 0 aliphatic rings. The van der Waals surface area contributed by atoms with Crippen molar-refractivity contribution in [3.63, 3.8) is 0 Å². The largest absolute Gasteiger partial charge is 0.493 e. The fourth-order valence-corrected chi connectivity index (χ4v) is 2.13. The van der Waals surface area contributed by atoms with Gasteiger partial charge in [-0.15, -0.1) is 0 Å². The summed E-state index contributed by atoms with van der Waals surface area (Å²) in [6.07, 6.45) is 2.45. The highest BCUT2D eigenvalue weighted by molar-refractivity contribution is 7.98. The summed E-state index contributed by atoms with van der Waals surface area (Å²) in [6.45, 7) is 2.21. The lowest BCUT2D eigenvalue weighted by Crippen LogP contribution is -2.41. The number of carboxylic acid groups (broad SMARTS) is 1. The van der Waals surface area contributed by atoms with Crippen LogP contribution in [-0.4, -0.2) is 41.6 Å². The van der Waals surface area contributed by atoms with Crippen molar-refractivity contribution in [2.45, 2.75) is 25.8 Å². The standard InChI is InChI=1S/C15H21NO4S/c1-11-3-5-12(6-4-11)20-9-7-14(17)16-13(15(18)19)8-10-21-2/h3-6,13H,7-10H2,1-2H3,(H,16,17)(H,18,19)/t13-/m0/s1. The van der Waals surface area contributed by atoms with E-state index in [1.807, 2.05) is 37.4 Å². The zero-order valence-corrected chi connectivity index (χ0v) is 13.1.